The monoisotopic (exact) mass is 293 g/mol. The average Bonchev–Trinajstić information content (AvgIpc) is 3.05. The Morgan fingerprint density at radius 3 is 2.59 bits per heavy atom. The number of carbonyl (C=O) groups is 1. The van der Waals surface area contributed by atoms with Crippen LogP contribution in [-0.4, -0.2) is 11.9 Å². The number of benzene rings is 1. The van der Waals surface area contributed by atoms with Crippen molar-refractivity contribution < 1.29 is 4.79 Å². The maximum atomic E-state index is 13.2. The second kappa shape index (κ2) is 4.84. The fourth-order valence-electron chi connectivity index (χ4n) is 5.21. The number of hydrogen-bond donors (Lipinski definition) is 0. The fraction of sp³-hybridized carbons (Fsp3) is 0.450. The zero-order valence-electron chi connectivity index (χ0n) is 13.1. The molecule has 2 fully saturated rings. The predicted molar refractivity (Wildman–Crippen MR) is 89.7 cm³/mol. The van der Waals surface area contributed by atoms with E-state index in [1.54, 1.807) is 0 Å². The van der Waals surface area contributed by atoms with Gasteiger partial charge in [0.25, 0.3) is 0 Å². The summed E-state index contributed by atoms with van der Waals surface area (Å²) >= 11 is 0. The summed E-state index contributed by atoms with van der Waals surface area (Å²) in [6.45, 7) is 10.3. The highest BCUT2D eigenvalue weighted by Crippen LogP contribution is 2.56. The maximum absolute atomic E-state index is 13.2. The Bertz CT molecular complexity index is 649. The molecule has 1 aliphatic carbocycles. The number of carbonyl (C=O) groups excluding carboxylic acids is 1. The van der Waals surface area contributed by atoms with E-state index in [1.165, 1.54) is 5.56 Å². The first kappa shape index (κ1) is 13.8. The molecule has 1 aromatic rings. The molecule has 0 radical (unpaired) electrons. The van der Waals surface area contributed by atoms with Crippen molar-refractivity contribution in [3.05, 3.63) is 55.1 Å². The van der Waals surface area contributed by atoms with Gasteiger partial charge in [0.05, 0.1) is 5.92 Å². The van der Waals surface area contributed by atoms with Gasteiger partial charge in [-0.3, -0.25) is 4.79 Å². The fourth-order valence-corrected chi connectivity index (χ4v) is 5.21. The Labute approximate surface area is 132 Å². The summed E-state index contributed by atoms with van der Waals surface area (Å²) in [6, 6.07) is 8.74. The van der Waals surface area contributed by atoms with Crippen molar-refractivity contribution in [1.82, 2.24) is 0 Å². The molecule has 114 valence electrons. The van der Waals surface area contributed by atoms with Crippen LogP contribution in [0.5, 0.6) is 0 Å². The first-order valence-electron chi connectivity index (χ1n) is 8.34. The lowest BCUT2D eigenvalue weighted by Gasteiger charge is -2.38. The Kier molecular flexibility index (Phi) is 3.04. The van der Waals surface area contributed by atoms with Gasteiger partial charge in [0, 0.05) is 11.7 Å². The molecule has 22 heavy (non-hydrogen) atoms. The number of allylic oxidation sites excluding steroid dienone is 2. The summed E-state index contributed by atoms with van der Waals surface area (Å²) in [7, 11) is 0. The normalized spacial score (nSPS) is 39.1. The van der Waals surface area contributed by atoms with Crippen LogP contribution in [0.1, 0.15) is 31.2 Å². The highest BCUT2D eigenvalue weighted by molar-refractivity contribution is 6.00. The maximum Gasteiger partial charge on any atom is 0.231 e. The summed E-state index contributed by atoms with van der Waals surface area (Å²) in [5.41, 5.74) is 2.45. The van der Waals surface area contributed by atoms with Crippen molar-refractivity contribution in [2.75, 3.05) is 4.90 Å². The van der Waals surface area contributed by atoms with Gasteiger partial charge in [-0.15, -0.1) is 13.2 Å². The van der Waals surface area contributed by atoms with Gasteiger partial charge >= 0.3 is 0 Å². The zero-order valence-corrected chi connectivity index (χ0v) is 13.1. The van der Waals surface area contributed by atoms with Crippen molar-refractivity contribution in [2.24, 2.45) is 23.7 Å². The lowest BCUT2D eigenvalue weighted by Crippen LogP contribution is -2.41. The molecule has 2 aliphatic heterocycles. The zero-order chi connectivity index (χ0) is 15.4. The van der Waals surface area contributed by atoms with E-state index in [4.69, 9.17) is 0 Å². The molecule has 4 rings (SSSR count). The summed E-state index contributed by atoms with van der Waals surface area (Å²) in [5.74, 6) is 2.06. The summed E-state index contributed by atoms with van der Waals surface area (Å²) in [4.78, 5) is 15.3. The lowest BCUT2D eigenvalue weighted by atomic mass is 9.78. The van der Waals surface area contributed by atoms with Crippen molar-refractivity contribution in [2.45, 2.75) is 31.7 Å². The first-order valence-corrected chi connectivity index (χ1v) is 8.34. The van der Waals surface area contributed by atoms with Crippen molar-refractivity contribution in [3.8, 4) is 0 Å². The Hall–Kier alpha value is -1.83. The average molecular weight is 293 g/mol. The van der Waals surface area contributed by atoms with Crippen LogP contribution < -0.4 is 4.90 Å². The molecule has 0 spiro atoms. The highest BCUT2D eigenvalue weighted by Gasteiger charge is 2.58. The number of nitrogens with zero attached hydrogens (tertiary/aromatic N) is 1. The molecule has 2 nitrogen and oxygen atoms in total. The second-order valence-corrected chi connectivity index (χ2v) is 7.11. The third-order valence-corrected chi connectivity index (χ3v) is 6.14. The Morgan fingerprint density at radius 2 is 1.86 bits per heavy atom. The van der Waals surface area contributed by atoms with Crippen molar-refractivity contribution in [1.29, 1.82) is 0 Å². The molecule has 0 unspecified atom stereocenters. The van der Waals surface area contributed by atoms with Gasteiger partial charge in [0.2, 0.25) is 5.91 Å². The number of fused-ring (bicyclic) bond motifs is 5. The molecule has 6 atom stereocenters. The molecule has 1 amide bonds. The van der Waals surface area contributed by atoms with E-state index in [1.807, 2.05) is 12.1 Å². The lowest BCUT2D eigenvalue weighted by molar-refractivity contribution is -0.121. The Balaban J connectivity index is 1.83. The molecule has 1 saturated carbocycles. The van der Waals surface area contributed by atoms with Gasteiger partial charge in [-0.05, 0) is 48.1 Å². The van der Waals surface area contributed by atoms with E-state index in [0.29, 0.717) is 35.6 Å². The smallest absolute Gasteiger partial charge is 0.231 e. The standard InChI is InChI=1S/C20H23NO/c1-4-13-11-14(5-2)19-18(13)17-10-12(3)15-8-6-7-9-16(15)21(17)20(19)22/h4-9,12-14,17-19H,1-2,10-11H2,3H3/t12-,13-,14+,17+,18+,19+/m0/s1. The van der Waals surface area contributed by atoms with Crippen LogP contribution in [-0.2, 0) is 4.79 Å². The van der Waals surface area contributed by atoms with Crippen LogP contribution in [0.15, 0.2) is 49.6 Å². The molecule has 1 saturated heterocycles. The number of hydrogen-bond acceptors (Lipinski definition) is 1. The van der Waals surface area contributed by atoms with E-state index in [0.717, 1.165) is 18.5 Å². The minimum absolute atomic E-state index is 0.101. The SMILES string of the molecule is C=C[C@@H]1C[C@H](C=C)[C@H]2[C@@H]1C(=O)N1c3ccccc3[C@@H](C)C[C@H]21. The van der Waals surface area contributed by atoms with Crippen molar-refractivity contribution in [3.63, 3.8) is 0 Å². The van der Waals surface area contributed by atoms with E-state index in [9.17, 15) is 4.79 Å². The molecule has 1 aromatic carbocycles. The van der Waals surface area contributed by atoms with Crippen LogP contribution in [0, 0.1) is 23.7 Å². The van der Waals surface area contributed by atoms with E-state index < -0.39 is 0 Å². The Morgan fingerprint density at radius 1 is 1.14 bits per heavy atom. The first-order chi connectivity index (χ1) is 10.7. The van der Waals surface area contributed by atoms with Gasteiger partial charge in [0.15, 0.2) is 0 Å². The summed E-state index contributed by atoms with van der Waals surface area (Å²) in [5, 5.41) is 0. The molecular weight excluding hydrogens is 270 g/mol. The molecule has 0 aromatic heterocycles. The molecule has 0 N–H and O–H groups in total. The minimum atomic E-state index is 0.101. The van der Waals surface area contributed by atoms with Crippen LogP contribution in [0.25, 0.3) is 0 Å². The van der Waals surface area contributed by atoms with Gasteiger partial charge in [0.1, 0.15) is 0 Å². The highest BCUT2D eigenvalue weighted by atomic mass is 16.2. The predicted octanol–water partition coefficient (Wildman–Crippen LogP) is 4.15. The van der Waals surface area contributed by atoms with Crippen LogP contribution in [0.4, 0.5) is 5.69 Å². The van der Waals surface area contributed by atoms with Gasteiger partial charge < -0.3 is 4.90 Å². The quantitative estimate of drug-likeness (QED) is 0.750. The van der Waals surface area contributed by atoms with E-state index in [-0.39, 0.29) is 5.92 Å². The summed E-state index contributed by atoms with van der Waals surface area (Å²) in [6.07, 6.45) is 6.17. The molecule has 3 aliphatic rings. The van der Waals surface area contributed by atoms with Gasteiger partial charge in [-0.1, -0.05) is 37.3 Å². The number of anilines is 1. The minimum Gasteiger partial charge on any atom is -0.308 e. The number of rotatable bonds is 2. The van der Waals surface area contributed by atoms with Crippen LogP contribution in [0.2, 0.25) is 0 Å². The van der Waals surface area contributed by atoms with Crippen LogP contribution >= 0.6 is 0 Å². The molecule has 0 bridgehead atoms. The molecular formula is C20H23NO. The number of para-hydroxylation sites is 1. The van der Waals surface area contributed by atoms with Gasteiger partial charge in [-0.25, -0.2) is 0 Å². The van der Waals surface area contributed by atoms with Gasteiger partial charge in [-0.2, -0.15) is 0 Å². The van der Waals surface area contributed by atoms with E-state index >= 15 is 0 Å². The van der Waals surface area contributed by atoms with Crippen molar-refractivity contribution >= 4 is 11.6 Å². The third-order valence-electron chi connectivity index (χ3n) is 6.14. The van der Waals surface area contributed by atoms with E-state index in [2.05, 4.69) is 49.3 Å². The number of amides is 1. The molecule has 2 heteroatoms. The topological polar surface area (TPSA) is 20.3 Å². The molecule has 2 heterocycles. The third kappa shape index (κ3) is 1.64. The van der Waals surface area contributed by atoms with Crippen LogP contribution in [0.3, 0.4) is 0 Å². The second-order valence-electron chi connectivity index (χ2n) is 7.11. The summed E-state index contributed by atoms with van der Waals surface area (Å²) < 4.78 is 0. The largest absolute Gasteiger partial charge is 0.308 e.